The lowest BCUT2D eigenvalue weighted by molar-refractivity contribution is -0.143. The fourth-order valence-corrected chi connectivity index (χ4v) is 4.46. The van der Waals surface area contributed by atoms with E-state index in [1.165, 1.54) is 34.0 Å². The molecule has 2 aromatic carbocycles. The van der Waals surface area contributed by atoms with Gasteiger partial charge in [0.25, 0.3) is 0 Å². The van der Waals surface area contributed by atoms with Gasteiger partial charge in [-0.3, -0.25) is 9.69 Å². The molecule has 0 atom stereocenters. The Morgan fingerprint density at radius 3 is 2.73 bits per heavy atom. The van der Waals surface area contributed by atoms with Crippen molar-refractivity contribution in [3.05, 3.63) is 70.2 Å². The molecule has 0 spiro atoms. The average molecular weight is 409 g/mol. The molecule has 4 rings (SSSR count). The van der Waals surface area contributed by atoms with Crippen LogP contribution in [0.3, 0.4) is 0 Å². The second-order valence-corrected chi connectivity index (χ2v) is 8.17. The van der Waals surface area contributed by atoms with E-state index in [9.17, 15) is 9.18 Å². The van der Waals surface area contributed by atoms with Crippen LogP contribution in [-0.4, -0.2) is 28.6 Å². The molecule has 3 aromatic rings. The van der Waals surface area contributed by atoms with Gasteiger partial charge in [0, 0.05) is 49.2 Å². The molecule has 0 saturated heterocycles. The fourth-order valence-electron chi connectivity index (χ4n) is 4.46. The van der Waals surface area contributed by atoms with Gasteiger partial charge in [-0.1, -0.05) is 18.2 Å². The zero-order valence-electron chi connectivity index (χ0n) is 18.0. The lowest BCUT2D eigenvalue weighted by Crippen LogP contribution is -2.30. The van der Waals surface area contributed by atoms with E-state index < -0.39 is 0 Å². The fraction of sp³-hybridized carbons (Fsp3) is 0.400. The summed E-state index contributed by atoms with van der Waals surface area (Å²) in [5.74, 6) is -0.415. The minimum Gasteiger partial charge on any atom is -0.466 e. The number of benzene rings is 2. The van der Waals surface area contributed by atoms with E-state index in [1.807, 2.05) is 13.0 Å². The lowest BCUT2D eigenvalue weighted by Gasteiger charge is -2.28. The van der Waals surface area contributed by atoms with Gasteiger partial charge in [0.15, 0.2) is 0 Å². The van der Waals surface area contributed by atoms with Crippen molar-refractivity contribution >= 4 is 16.9 Å². The van der Waals surface area contributed by atoms with Crippen LogP contribution in [0.2, 0.25) is 0 Å². The molecular weight excluding hydrogens is 379 g/mol. The number of esters is 1. The number of hydrogen-bond acceptors (Lipinski definition) is 3. The molecule has 1 aliphatic rings. The van der Waals surface area contributed by atoms with Gasteiger partial charge in [0.1, 0.15) is 5.82 Å². The van der Waals surface area contributed by atoms with E-state index in [1.54, 1.807) is 6.07 Å². The van der Waals surface area contributed by atoms with Crippen molar-refractivity contribution < 1.29 is 13.9 Å². The number of aryl methyl sites for hydroxylation is 3. The highest BCUT2D eigenvalue weighted by Crippen LogP contribution is 2.32. The maximum absolute atomic E-state index is 14.1. The summed E-state index contributed by atoms with van der Waals surface area (Å²) in [6.45, 7) is 9.66. The van der Waals surface area contributed by atoms with E-state index in [4.69, 9.17) is 4.74 Å². The molecule has 0 aliphatic carbocycles. The molecule has 0 fully saturated rings. The van der Waals surface area contributed by atoms with Crippen molar-refractivity contribution in [2.24, 2.45) is 0 Å². The Balaban J connectivity index is 1.62. The molecule has 30 heavy (non-hydrogen) atoms. The van der Waals surface area contributed by atoms with E-state index in [0.717, 1.165) is 37.0 Å². The Kier molecular flexibility index (Phi) is 5.91. The normalized spacial score (nSPS) is 14.1. The first kappa shape index (κ1) is 20.6. The summed E-state index contributed by atoms with van der Waals surface area (Å²) in [4.78, 5) is 14.3. The molecule has 1 aromatic heterocycles. The number of nitrogens with zero attached hydrogens (tertiary/aromatic N) is 2. The summed E-state index contributed by atoms with van der Waals surface area (Å²) in [5.41, 5.74) is 7.32. The third kappa shape index (κ3) is 4.12. The number of aromatic nitrogens is 1. The van der Waals surface area contributed by atoms with Crippen LogP contribution in [0, 0.1) is 19.7 Å². The van der Waals surface area contributed by atoms with Gasteiger partial charge in [0.2, 0.25) is 0 Å². The Labute approximate surface area is 177 Å². The van der Waals surface area contributed by atoms with Crippen LogP contribution in [0.15, 0.2) is 36.4 Å². The standard InChI is InChI=1S/C25H29FN2O2/c1-4-30-25(29)10-12-28-23-8-7-20(26)14-21(23)22-16-27(11-9-24(22)28)15-19-6-5-17(2)18(3)13-19/h5-8,13-14H,4,9-12,15-16H2,1-3H3. The van der Waals surface area contributed by atoms with Crippen molar-refractivity contribution in [1.29, 1.82) is 0 Å². The number of rotatable bonds is 6. The molecule has 4 nitrogen and oxygen atoms in total. The molecule has 1 aliphatic heterocycles. The monoisotopic (exact) mass is 408 g/mol. The number of halogens is 1. The van der Waals surface area contributed by atoms with Crippen LogP contribution in [0.1, 0.15) is 41.3 Å². The Bertz CT molecular complexity index is 1090. The predicted octanol–water partition coefficient (Wildman–Crippen LogP) is 4.91. The van der Waals surface area contributed by atoms with Gasteiger partial charge in [-0.25, -0.2) is 4.39 Å². The summed E-state index contributed by atoms with van der Waals surface area (Å²) in [5, 5.41) is 0.957. The van der Waals surface area contributed by atoms with Crippen molar-refractivity contribution in [2.45, 2.75) is 53.2 Å². The zero-order chi connectivity index (χ0) is 21.3. The van der Waals surface area contributed by atoms with Gasteiger partial charge < -0.3 is 9.30 Å². The van der Waals surface area contributed by atoms with Crippen molar-refractivity contribution in [3.8, 4) is 0 Å². The van der Waals surface area contributed by atoms with E-state index >= 15 is 0 Å². The van der Waals surface area contributed by atoms with Crippen molar-refractivity contribution in [1.82, 2.24) is 9.47 Å². The minimum absolute atomic E-state index is 0.192. The largest absolute Gasteiger partial charge is 0.466 e. The minimum atomic E-state index is -0.223. The van der Waals surface area contributed by atoms with Crippen LogP contribution in [0.5, 0.6) is 0 Å². The Morgan fingerprint density at radius 2 is 1.97 bits per heavy atom. The maximum atomic E-state index is 14.1. The third-order valence-electron chi connectivity index (χ3n) is 6.12. The molecule has 0 N–H and O–H groups in total. The zero-order valence-corrected chi connectivity index (χ0v) is 18.0. The van der Waals surface area contributed by atoms with E-state index in [-0.39, 0.29) is 11.8 Å². The van der Waals surface area contributed by atoms with Crippen molar-refractivity contribution in [3.63, 3.8) is 0 Å². The van der Waals surface area contributed by atoms with E-state index in [0.29, 0.717) is 19.6 Å². The quantitative estimate of drug-likeness (QED) is 0.544. The van der Waals surface area contributed by atoms with Crippen molar-refractivity contribution in [2.75, 3.05) is 13.2 Å². The molecule has 5 heteroatoms. The molecule has 0 saturated carbocycles. The highest BCUT2D eigenvalue weighted by atomic mass is 19.1. The van der Waals surface area contributed by atoms with Gasteiger partial charge >= 0.3 is 5.97 Å². The number of fused-ring (bicyclic) bond motifs is 3. The Morgan fingerprint density at radius 1 is 1.13 bits per heavy atom. The average Bonchev–Trinajstić information content (AvgIpc) is 3.02. The lowest BCUT2D eigenvalue weighted by atomic mass is 10.0. The van der Waals surface area contributed by atoms with Gasteiger partial charge in [-0.05, 0) is 61.2 Å². The summed E-state index contributed by atoms with van der Waals surface area (Å²) in [6, 6.07) is 11.6. The maximum Gasteiger partial charge on any atom is 0.307 e. The van der Waals surface area contributed by atoms with Gasteiger partial charge in [-0.15, -0.1) is 0 Å². The smallest absolute Gasteiger partial charge is 0.307 e. The van der Waals surface area contributed by atoms with Crippen LogP contribution in [0.4, 0.5) is 4.39 Å². The number of carbonyl (C=O) groups excluding carboxylic acids is 1. The van der Waals surface area contributed by atoms with E-state index in [2.05, 4.69) is 41.5 Å². The van der Waals surface area contributed by atoms with Gasteiger partial charge in [-0.2, -0.15) is 0 Å². The van der Waals surface area contributed by atoms with Crippen LogP contribution >= 0.6 is 0 Å². The summed E-state index contributed by atoms with van der Waals surface area (Å²) >= 11 is 0. The van der Waals surface area contributed by atoms with Crippen LogP contribution in [0.25, 0.3) is 10.9 Å². The molecule has 0 amide bonds. The Hall–Kier alpha value is -2.66. The summed E-state index contributed by atoms with van der Waals surface area (Å²) in [6.07, 6.45) is 1.22. The molecular formula is C25H29FN2O2. The summed E-state index contributed by atoms with van der Waals surface area (Å²) in [7, 11) is 0. The first-order valence-corrected chi connectivity index (χ1v) is 10.7. The predicted molar refractivity (Wildman–Crippen MR) is 117 cm³/mol. The first-order chi connectivity index (χ1) is 14.5. The molecule has 2 heterocycles. The second-order valence-electron chi connectivity index (χ2n) is 8.17. The second kappa shape index (κ2) is 8.60. The molecule has 158 valence electrons. The number of hydrogen-bond donors (Lipinski definition) is 0. The van der Waals surface area contributed by atoms with Gasteiger partial charge in [0.05, 0.1) is 13.0 Å². The number of carbonyl (C=O) groups is 1. The molecule has 0 bridgehead atoms. The highest BCUT2D eigenvalue weighted by molar-refractivity contribution is 5.86. The van der Waals surface area contributed by atoms with Crippen LogP contribution < -0.4 is 0 Å². The first-order valence-electron chi connectivity index (χ1n) is 10.7. The SMILES string of the molecule is CCOC(=O)CCn1c2c(c3cc(F)ccc31)CN(Cc1ccc(C)c(C)c1)CC2. The number of ether oxygens (including phenoxy) is 1. The summed E-state index contributed by atoms with van der Waals surface area (Å²) < 4.78 is 21.3. The highest BCUT2D eigenvalue weighted by Gasteiger charge is 2.24. The molecule has 0 radical (unpaired) electrons. The topological polar surface area (TPSA) is 34.5 Å². The van der Waals surface area contributed by atoms with Crippen LogP contribution in [-0.2, 0) is 35.6 Å². The third-order valence-corrected chi connectivity index (χ3v) is 6.12. The molecule has 0 unspecified atom stereocenters.